The molecule has 6 heteroatoms. The number of hydrogen-bond donors (Lipinski definition) is 1. The fraction of sp³-hybridized carbons (Fsp3) is 0.250. The second kappa shape index (κ2) is 6.29. The molecule has 1 N–H and O–H groups in total. The number of rotatable bonds is 4. The van der Waals surface area contributed by atoms with E-state index in [0.717, 1.165) is 47.6 Å². The topological polar surface area (TPSA) is 64.0 Å². The van der Waals surface area contributed by atoms with Crippen molar-refractivity contribution in [3.8, 4) is 11.3 Å². The fourth-order valence-electron chi connectivity index (χ4n) is 3.51. The van der Waals surface area contributed by atoms with Crippen molar-refractivity contribution in [3.05, 3.63) is 65.6 Å². The van der Waals surface area contributed by atoms with Gasteiger partial charge in [-0.2, -0.15) is 0 Å². The van der Waals surface area contributed by atoms with Gasteiger partial charge in [-0.15, -0.1) is 0 Å². The molecule has 134 valence electrons. The summed E-state index contributed by atoms with van der Waals surface area (Å²) < 4.78 is 30.3. The van der Waals surface area contributed by atoms with E-state index in [-0.39, 0.29) is 0 Å². The molecule has 5 nitrogen and oxygen atoms in total. The number of aryl methyl sites for hydroxylation is 3. The largest absolute Gasteiger partial charge is 0.328 e. The summed E-state index contributed by atoms with van der Waals surface area (Å²) in [5, 5.41) is 0. The van der Waals surface area contributed by atoms with Crippen molar-refractivity contribution < 1.29 is 8.42 Å². The predicted molar refractivity (Wildman–Crippen MR) is 103 cm³/mol. The Hall–Kier alpha value is -2.60. The Labute approximate surface area is 153 Å². The van der Waals surface area contributed by atoms with Gasteiger partial charge in [-0.3, -0.25) is 4.72 Å². The zero-order valence-corrected chi connectivity index (χ0v) is 15.7. The minimum absolute atomic E-state index is 0.306. The first-order chi connectivity index (χ1) is 12.4. The lowest BCUT2D eigenvalue weighted by Gasteiger charge is -2.12. The van der Waals surface area contributed by atoms with Crippen LogP contribution in [0.3, 0.4) is 0 Å². The summed E-state index contributed by atoms with van der Waals surface area (Å²) in [7, 11) is -3.60. The molecule has 3 aromatic rings. The molecule has 1 aromatic heterocycles. The highest BCUT2D eigenvalue weighted by atomic mass is 32.2. The Bertz CT molecular complexity index is 1070. The molecule has 0 amide bonds. The summed E-state index contributed by atoms with van der Waals surface area (Å²) in [5.74, 6) is 1.12. The van der Waals surface area contributed by atoms with Gasteiger partial charge in [-0.05, 0) is 49.6 Å². The Morgan fingerprint density at radius 1 is 1.08 bits per heavy atom. The molecular formula is C20H21N3O2S. The standard InChI is InChI=1S/C20H21N3O2S/c1-14-5-10-19(15(2)12-14)26(24,25)22-17-8-6-16(7-9-17)18-13-21-20-4-3-11-23(18)20/h5-10,12-13,22H,3-4,11H2,1-2H3. The summed E-state index contributed by atoms with van der Waals surface area (Å²) in [5.41, 5.74) is 4.46. The van der Waals surface area contributed by atoms with E-state index in [4.69, 9.17) is 0 Å². The number of imidazole rings is 1. The molecule has 0 spiro atoms. The van der Waals surface area contributed by atoms with Crippen LogP contribution in [0.25, 0.3) is 11.3 Å². The molecule has 0 atom stereocenters. The van der Waals surface area contributed by atoms with Crippen molar-refractivity contribution in [1.29, 1.82) is 0 Å². The highest BCUT2D eigenvalue weighted by molar-refractivity contribution is 7.92. The molecule has 0 unspecified atom stereocenters. The van der Waals surface area contributed by atoms with Crippen molar-refractivity contribution in [3.63, 3.8) is 0 Å². The number of hydrogen-bond acceptors (Lipinski definition) is 3. The van der Waals surface area contributed by atoms with Crippen LogP contribution < -0.4 is 4.72 Å². The lowest BCUT2D eigenvalue weighted by Crippen LogP contribution is -2.14. The number of anilines is 1. The fourth-order valence-corrected chi connectivity index (χ4v) is 4.80. The van der Waals surface area contributed by atoms with E-state index in [0.29, 0.717) is 10.6 Å². The summed E-state index contributed by atoms with van der Waals surface area (Å²) >= 11 is 0. The lowest BCUT2D eigenvalue weighted by atomic mass is 10.1. The number of aromatic nitrogens is 2. The molecule has 0 fully saturated rings. The van der Waals surface area contributed by atoms with Gasteiger partial charge in [0, 0.05) is 18.7 Å². The average molecular weight is 367 g/mol. The van der Waals surface area contributed by atoms with Crippen molar-refractivity contribution in [2.45, 2.75) is 38.1 Å². The number of nitrogens with one attached hydrogen (secondary N) is 1. The SMILES string of the molecule is Cc1ccc(S(=O)(=O)Nc2ccc(-c3cnc4n3CCC4)cc2)c(C)c1. The molecule has 2 heterocycles. The second-order valence-corrected chi connectivity index (χ2v) is 8.42. The summed E-state index contributed by atoms with van der Waals surface area (Å²) in [6, 6.07) is 12.8. The highest BCUT2D eigenvalue weighted by Gasteiger charge is 2.18. The van der Waals surface area contributed by atoms with Crippen LogP contribution >= 0.6 is 0 Å². The van der Waals surface area contributed by atoms with E-state index < -0.39 is 10.0 Å². The molecule has 0 bridgehead atoms. The van der Waals surface area contributed by atoms with Crippen LogP contribution in [-0.2, 0) is 23.0 Å². The van der Waals surface area contributed by atoms with E-state index in [9.17, 15) is 8.42 Å². The molecule has 1 aliphatic rings. The quantitative estimate of drug-likeness (QED) is 0.760. The van der Waals surface area contributed by atoms with Crippen molar-refractivity contribution >= 4 is 15.7 Å². The molecule has 4 rings (SSSR count). The summed E-state index contributed by atoms with van der Waals surface area (Å²) in [4.78, 5) is 4.77. The van der Waals surface area contributed by atoms with Gasteiger partial charge >= 0.3 is 0 Å². The maximum absolute atomic E-state index is 12.7. The summed E-state index contributed by atoms with van der Waals surface area (Å²) in [6.45, 7) is 4.75. The van der Waals surface area contributed by atoms with E-state index in [1.54, 1.807) is 18.2 Å². The van der Waals surface area contributed by atoms with Gasteiger partial charge in [-0.25, -0.2) is 13.4 Å². The molecule has 0 saturated carbocycles. The van der Waals surface area contributed by atoms with E-state index in [1.807, 2.05) is 44.3 Å². The van der Waals surface area contributed by atoms with E-state index >= 15 is 0 Å². The normalized spacial score (nSPS) is 13.6. The van der Waals surface area contributed by atoms with Gasteiger partial charge < -0.3 is 4.57 Å². The van der Waals surface area contributed by atoms with Gasteiger partial charge in [0.2, 0.25) is 0 Å². The van der Waals surface area contributed by atoms with Crippen LogP contribution in [0.1, 0.15) is 23.4 Å². The van der Waals surface area contributed by atoms with Crippen LogP contribution in [-0.4, -0.2) is 18.0 Å². The number of benzene rings is 2. The monoisotopic (exact) mass is 367 g/mol. The maximum Gasteiger partial charge on any atom is 0.262 e. The second-order valence-electron chi connectivity index (χ2n) is 6.77. The Balaban J connectivity index is 1.59. The predicted octanol–water partition coefficient (Wildman–Crippen LogP) is 3.91. The third-order valence-corrected chi connectivity index (χ3v) is 6.31. The van der Waals surface area contributed by atoms with Crippen LogP contribution in [0.5, 0.6) is 0 Å². The molecule has 2 aromatic carbocycles. The lowest BCUT2D eigenvalue weighted by molar-refractivity contribution is 0.600. The Morgan fingerprint density at radius 2 is 1.85 bits per heavy atom. The average Bonchev–Trinajstić information content (AvgIpc) is 3.18. The van der Waals surface area contributed by atoms with Gasteiger partial charge in [-0.1, -0.05) is 29.8 Å². The van der Waals surface area contributed by atoms with Crippen molar-refractivity contribution in [2.75, 3.05) is 4.72 Å². The molecule has 26 heavy (non-hydrogen) atoms. The first-order valence-corrected chi connectivity index (χ1v) is 10.2. The minimum Gasteiger partial charge on any atom is -0.328 e. The third kappa shape index (κ3) is 3.01. The zero-order chi connectivity index (χ0) is 18.3. The van der Waals surface area contributed by atoms with Gasteiger partial charge in [0.15, 0.2) is 0 Å². The number of sulfonamides is 1. The van der Waals surface area contributed by atoms with Gasteiger partial charge in [0.25, 0.3) is 10.0 Å². The molecule has 1 aliphatic heterocycles. The third-order valence-electron chi connectivity index (χ3n) is 4.77. The molecule has 0 aliphatic carbocycles. The molecule has 0 saturated heterocycles. The van der Waals surface area contributed by atoms with Gasteiger partial charge in [0.1, 0.15) is 5.82 Å². The smallest absolute Gasteiger partial charge is 0.262 e. The Morgan fingerprint density at radius 3 is 2.58 bits per heavy atom. The van der Waals surface area contributed by atoms with Gasteiger partial charge in [0.05, 0.1) is 16.8 Å². The highest BCUT2D eigenvalue weighted by Crippen LogP contribution is 2.27. The minimum atomic E-state index is -3.60. The Kier molecular flexibility index (Phi) is 4.07. The zero-order valence-electron chi connectivity index (χ0n) is 14.9. The first kappa shape index (κ1) is 16.8. The molecule has 0 radical (unpaired) electrons. The van der Waals surface area contributed by atoms with Crippen molar-refractivity contribution in [2.24, 2.45) is 0 Å². The van der Waals surface area contributed by atoms with E-state index in [2.05, 4.69) is 14.3 Å². The molecular weight excluding hydrogens is 346 g/mol. The number of fused-ring (bicyclic) bond motifs is 1. The van der Waals surface area contributed by atoms with Crippen LogP contribution in [0.4, 0.5) is 5.69 Å². The first-order valence-electron chi connectivity index (χ1n) is 8.69. The van der Waals surface area contributed by atoms with Crippen LogP contribution in [0.15, 0.2) is 53.6 Å². The van der Waals surface area contributed by atoms with Crippen LogP contribution in [0.2, 0.25) is 0 Å². The summed E-state index contributed by atoms with van der Waals surface area (Å²) in [6.07, 6.45) is 4.04. The van der Waals surface area contributed by atoms with E-state index in [1.165, 1.54) is 0 Å². The van der Waals surface area contributed by atoms with Crippen molar-refractivity contribution in [1.82, 2.24) is 9.55 Å². The number of nitrogens with zero attached hydrogens (tertiary/aromatic N) is 2. The maximum atomic E-state index is 12.7. The van der Waals surface area contributed by atoms with Crippen LogP contribution in [0, 0.1) is 13.8 Å².